The van der Waals surface area contributed by atoms with Crippen LogP contribution in [0.25, 0.3) is 0 Å². The maximum absolute atomic E-state index is 13.6. The molecule has 0 saturated carbocycles. The van der Waals surface area contributed by atoms with Gasteiger partial charge in [-0.2, -0.15) is 4.31 Å². The SMILES string of the molecule is COc1ccccc1S(=O)(=O)N1CCO[C@@H](CN(C)C)[C@@H]1c1ccccc1. The second-order valence-corrected chi connectivity index (χ2v) is 8.65. The third-order valence-corrected chi connectivity index (χ3v) is 6.57. The number of morpholine rings is 1. The highest BCUT2D eigenvalue weighted by Gasteiger charge is 2.41. The lowest BCUT2D eigenvalue weighted by Gasteiger charge is -2.41. The molecular weight excluding hydrogens is 364 g/mol. The first-order valence-corrected chi connectivity index (χ1v) is 10.4. The summed E-state index contributed by atoms with van der Waals surface area (Å²) in [5.74, 6) is 0.347. The Kier molecular flexibility index (Phi) is 6.16. The first-order chi connectivity index (χ1) is 12.9. The fraction of sp³-hybridized carbons (Fsp3) is 0.400. The van der Waals surface area contributed by atoms with Gasteiger partial charge in [-0.3, -0.25) is 0 Å². The van der Waals surface area contributed by atoms with Gasteiger partial charge in [0.25, 0.3) is 0 Å². The van der Waals surface area contributed by atoms with Gasteiger partial charge >= 0.3 is 0 Å². The van der Waals surface area contributed by atoms with Crippen molar-refractivity contribution in [3.8, 4) is 5.75 Å². The second-order valence-electron chi connectivity index (χ2n) is 6.79. The number of sulfonamides is 1. The summed E-state index contributed by atoms with van der Waals surface area (Å²) in [5.41, 5.74) is 0.919. The number of ether oxygens (including phenoxy) is 2. The van der Waals surface area contributed by atoms with Crippen molar-refractivity contribution in [1.82, 2.24) is 9.21 Å². The van der Waals surface area contributed by atoms with Crippen LogP contribution < -0.4 is 4.74 Å². The topological polar surface area (TPSA) is 59.1 Å². The molecule has 6 nitrogen and oxygen atoms in total. The van der Waals surface area contributed by atoms with Gasteiger partial charge in [0.15, 0.2) is 0 Å². The van der Waals surface area contributed by atoms with Crippen molar-refractivity contribution >= 4 is 10.0 Å². The molecule has 0 radical (unpaired) electrons. The second kappa shape index (κ2) is 8.39. The van der Waals surface area contributed by atoms with Crippen molar-refractivity contribution in [2.24, 2.45) is 0 Å². The Hall–Kier alpha value is -1.93. The molecule has 146 valence electrons. The Balaban J connectivity index is 2.07. The zero-order chi connectivity index (χ0) is 19.4. The van der Waals surface area contributed by atoms with Gasteiger partial charge in [0, 0.05) is 13.1 Å². The number of para-hydroxylation sites is 1. The Morgan fingerprint density at radius 3 is 2.44 bits per heavy atom. The van der Waals surface area contributed by atoms with E-state index in [0.29, 0.717) is 25.4 Å². The molecule has 1 saturated heterocycles. The van der Waals surface area contributed by atoms with E-state index in [-0.39, 0.29) is 11.0 Å². The van der Waals surface area contributed by atoms with Crippen LogP contribution in [-0.4, -0.2) is 64.6 Å². The predicted octanol–water partition coefficient (Wildman–Crippen LogP) is 2.39. The summed E-state index contributed by atoms with van der Waals surface area (Å²) in [6, 6.07) is 16.0. The largest absolute Gasteiger partial charge is 0.495 e. The van der Waals surface area contributed by atoms with Crippen molar-refractivity contribution in [1.29, 1.82) is 0 Å². The quantitative estimate of drug-likeness (QED) is 0.758. The monoisotopic (exact) mass is 390 g/mol. The van der Waals surface area contributed by atoms with Crippen molar-refractivity contribution < 1.29 is 17.9 Å². The lowest BCUT2D eigenvalue weighted by atomic mass is 9.99. The van der Waals surface area contributed by atoms with Gasteiger partial charge < -0.3 is 14.4 Å². The van der Waals surface area contributed by atoms with E-state index in [1.54, 1.807) is 28.6 Å². The molecule has 7 heteroatoms. The van der Waals surface area contributed by atoms with Crippen LogP contribution in [-0.2, 0) is 14.8 Å². The van der Waals surface area contributed by atoms with Crippen LogP contribution in [0.5, 0.6) is 5.75 Å². The Bertz CT molecular complexity index is 855. The Labute approximate surface area is 161 Å². The van der Waals surface area contributed by atoms with Gasteiger partial charge in [-0.25, -0.2) is 8.42 Å². The molecule has 1 heterocycles. The zero-order valence-electron chi connectivity index (χ0n) is 15.9. The maximum Gasteiger partial charge on any atom is 0.247 e. The minimum atomic E-state index is -3.76. The van der Waals surface area contributed by atoms with E-state index in [1.165, 1.54) is 7.11 Å². The van der Waals surface area contributed by atoms with Crippen LogP contribution in [0.15, 0.2) is 59.5 Å². The molecule has 1 fully saturated rings. The van der Waals surface area contributed by atoms with Gasteiger partial charge in [0.05, 0.1) is 25.9 Å². The van der Waals surface area contributed by atoms with Crippen LogP contribution in [0.2, 0.25) is 0 Å². The fourth-order valence-corrected chi connectivity index (χ4v) is 5.26. The van der Waals surface area contributed by atoms with E-state index in [4.69, 9.17) is 9.47 Å². The maximum atomic E-state index is 13.6. The summed E-state index contributed by atoms with van der Waals surface area (Å²) in [5, 5.41) is 0. The molecule has 2 atom stereocenters. The van der Waals surface area contributed by atoms with Gasteiger partial charge in [0.2, 0.25) is 10.0 Å². The molecule has 0 amide bonds. The van der Waals surface area contributed by atoms with Crippen molar-refractivity contribution in [2.75, 3.05) is 40.9 Å². The van der Waals surface area contributed by atoms with Crippen molar-refractivity contribution in [2.45, 2.75) is 17.0 Å². The smallest absolute Gasteiger partial charge is 0.247 e. The number of hydrogen-bond acceptors (Lipinski definition) is 5. The molecule has 3 rings (SSSR count). The molecule has 2 aromatic rings. The summed E-state index contributed by atoms with van der Waals surface area (Å²) in [4.78, 5) is 2.19. The summed E-state index contributed by atoms with van der Waals surface area (Å²) in [6.07, 6.45) is -0.263. The minimum Gasteiger partial charge on any atom is -0.495 e. The standard InChI is InChI=1S/C20H26N2O4S/c1-21(2)15-18-20(16-9-5-4-6-10-16)22(13-14-26-18)27(23,24)19-12-8-7-11-17(19)25-3/h4-12,18,20H,13-15H2,1-3H3/t18-,20-/m0/s1. The van der Waals surface area contributed by atoms with E-state index in [1.807, 2.05) is 49.3 Å². The van der Waals surface area contributed by atoms with E-state index < -0.39 is 16.1 Å². The zero-order valence-corrected chi connectivity index (χ0v) is 16.7. The number of methoxy groups -OCH3 is 1. The number of likely N-dealkylation sites (N-methyl/N-ethyl adjacent to an activating group) is 1. The van der Waals surface area contributed by atoms with E-state index >= 15 is 0 Å². The molecule has 27 heavy (non-hydrogen) atoms. The highest BCUT2D eigenvalue weighted by Crippen LogP contribution is 2.36. The lowest BCUT2D eigenvalue weighted by molar-refractivity contribution is -0.0514. The van der Waals surface area contributed by atoms with E-state index in [9.17, 15) is 8.42 Å². The summed E-state index contributed by atoms with van der Waals surface area (Å²) in [7, 11) is 1.64. The van der Waals surface area contributed by atoms with Crippen molar-refractivity contribution in [3.05, 3.63) is 60.2 Å². The van der Waals surface area contributed by atoms with Crippen LogP contribution in [0.1, 0.15) is 11.6 Å². The average molecular weight is 391 g/mol. The molecule has 0 spiro atoms. The highest BCUT2D eigenvalue weighted by molar-refractivity contribution is 7.89. The number of nitrogens with zero attached hydrogens (tertiary/aromatic N) is 2. The van der Waals surface area contributed by atoms with Gasteiger partial charge in [0.1, 0.15) is 10.6 Å². The summed E-state index contributed by atoms with van der Waals surface area (Å²) < 4.78 is 40.0. The predicted molar refractivity (Wildman–Crippen MR) is 104 cm³/mol. The van der Waals surface area contributed by atoms with Gasteiger partial charge in [-0.05, 0) is 31.8 Å². The normalized spacial score (nSPS) is 21.3. The molecule has 1 aliphatic heterocycles. The third-order valence-electron chi connectivity index (χ3n) is 4.65. The van der Waals surface area contributed by atoms with E-state index in [0.717, 1.165) is 5.56 Å². The van der Waals surface area contributed by atoms with Crippen molar-refractivity contribution in [3.63, 3.8) is 0 Å². The van der Waals surface area contributed by atoms with Crippen LogP contribution in [0.4, 0.5) is 0 Å². The van der Waals surface area contributed by atoms with E-state index in [2.05, 4.69) is 0 Å². The van der Waals surface area contributed by atoms with Gasteiger partial charge in [-0.1, -0.05) is 42.5 Å². The third kappa shape index (κ3) is 4.16. The summed E-state index contributed by atoms with van der Waals surface area (Å²) >= 11 is 0. The molecule has 1 aliphatic rings. The van der Waals surface area contributed by atoms with Crippen LogP contribution in [0.3, 0.4) is 0 Å². The number of hydrogen-bond donors (Lipinski definition) is 0. The minimum absolute atomic E-state index is 0.180. The molecule has 0 bridgehead atoms. The number of benzene rings is 2. The highest BCUT2D eigenvalue weighted by atomic mass is 32.2. The van der Waals surface area contributed by atoms with Crippen LogP contribution in [0, 0.1) is 0 Å². The first-order valence-electron chi connectivity index (χ1n) is 8.91. The molecular formula is C20H26N2O4S. The first kappa shape index (κ1) is 19.8. The lowest BCUT2D eigenvalue weighted by Crippen LogP contribution is -2.51. The molecule has 0 aromatic heterocycles. The summed E-state index contributed by atoms with van der Waals surface area (Å²) in [6.45, 7) is 1.28. The fourth-order valence-electron chi connectivity index (χ4n) is 3.48. The average Bonchev–Trinajstić information content (AvgIpc) is 2.68. The van der Waals surface area contributed by atoms with Gasteiger partial charge in [-0.15, -0.1) is 0 Å². The number of rotatable bonds is 6. The Morgan fingerprint density at radius 1 is 1.11 bits per heavy atom. The molecule has 0 unspecified atom stereocenters. The molecule has 0 aliphatic carbocycles. The Morgan fingerprint density at radius 2 is 1.78 bits per heavy atom. The molecule has 0 N–H and O–H groups in total. The molecule has 2 aromatic carbocycles. The van der Waals surface area contributed by atoms with Crippen LogP contribution >= 0.6 is 0 Å².